The van der Waals surface area contributed by atoms with Gasteiger partial charge in [0.25, 0.3) is 0 Å². The number of allylic oxidation sites excluding steroid dienone is 2. The number of unbranched alkanes of at least 4 members (excludes halogenated alkanes) is 20. The quantitative estimate of drug-likeness (QED) is 0.0249. The Bertz CT molecular complexity index is 822. The van der Waals surface area contributed by atoms with E-state index in [2.05, 4.69) is 30.5 Å². The van der Waals surface area contributed by atoms with Gasteiger partial charge in [-0.15, -0.1) is 0 Å². The average Bonchev–Trinajstić information content (AvgIpc) is 3.07. The SMILES string of the molecule is CCCCCCCCC/C=C\CCCCCCCC(=O)OC(COC(=O)CCCCCCCCCCC)COP(=O)(O)OCC(O)CO. The molecule has 0 radical (unpaired) electrons. The summed E-state index contributed by atoms with van der Waals surface area (Å²) in [5.41, 5.74) is 0. The third-order valence-electron chi connectivity index (χ3n) is 8.17. The van der Waals surface area contributed by atoms with Crippen LogP contribution < -0.4 is 0 Å². The van der Waals surface area contributed by atoms with Crippen molar-refractivity contribution in [3.63, 3.8) is 0 Å². The highest BCUT2D eigenvalue weighted by atomic mass is 31.2. The molecule has 0 saturated heterocycles. The number of aliphatic hydroxyl groups is 2. The van der Waals surface area contributed by atoms with Crippen LogP contribution in [0.5, 0.6) is 0 Å². The molecule has 0 saturated carbocycles. The minimum atomic E-state index is -4.60. The molecule has 0 rings (SSSR count). The summed E-state index contributed by atoms with van der Waals surface area (Å²) in [6.07, 6.45) is 29.0. The van der Waals surface area contributed by atoms with Gasteiger partial charge in [-0.3, -0.25) is 18.6 Å². The van der Waals surface area contributed by atoms with E-state index >= 15 is 0 Å². The molecule has 0 aromatic carbocycles. The molecule has 0 aromatic heterocycles. The zero-order valence-corrected chi connectivity index (χ0v) is 31.4. The predicted octanol–water partition coefficient (Wildman–Crippen LogP) is 9.28. The summed E-state index contributed by atoms with van der Waals surface area (Å²) in [4.78, 5) is 34.7. The molecular weight excluding hydrogens is 635 g/mol. The minimum absolute atomic E-state index is 0.178. The maximum absolute atomic E-state index is 12.5. The van der Waals surface area contributed by atoms with Gasteiger partial charge in [0.1, 0.15) is 12.7 Å². The van der Waals surface area contributed by atoms with Crippen LogP contribution in [0.25, 0.3) is 0 Å². The molecule has 0 aliphatic rings. The van der Waals surface area contributed by atoms with Gasteiger partial charge in [-0.2, -0.15) is 0 Å². The summed E-state index contributed by atoms with van der Waals surface area (Å²) in [5.74, 6) is -0.933. The molecule has 3 atom stereocenters. The number of hydrogen-bond acceptors (Lipinski definition) is 9. The van der Waals surface area contributed by atoms with Gasteiger partial charge >= 0.3 is 19.8 Å². The van der Waals surface area contributed by atoms with Crippen molar-refractivity contribution in [1.82, 2.24) is 0 Å². The molecule has 284 valence electrons. The lowest BCUT2D eigenvalue weighted by molar-refractivity contribution is -0.161. The molecule has 10 nitrogen and oxygen atoms in total. The summed E-state index contributed by atoms with van der Waals surface area (Å²) in [7, 11) is -4.60. The van der Waals surface area contributed by atoms with E-state index in [0.29, 0.717) is 12.8 Å². The van der Waals surface area contributed by atoms with Gasteiger partial charge in [0.05, 0.1) is 19.8 Å². The smallest absolute Gasteiger partial charge is 0.462 e. The normalized spacial score (nSPS) is 14.2. The second-order valence-corrected chi connectivity index (χ2v) is 14.4. The highest BCUT2D eigenvalue weighted by molar-refractivity contribution is 7.47. The standard InChI is InChI=1S/C37H71O10P/c1-3-5-7-9-11-13-14-15-16-17-18-19-21-23-25-27-29-37(41)47-35(33-46-48(42,43)45-31-34(39)30-38)32-44-36(40)28-26-24-22-20-12-10-8-6-4-2/h16-17,34-35,38-39H,3-15,18-33H2,1-2H3,(H,42,43)/b17-16-. The van der Waals surface area contributed by atoms with Gasteiger partial charge in [-0.25, -0.2) is 4.57 Å². The predicted molar refractivity (Wildman–Crippen MR) is 192 cm³/mol. The van der Waals surface area contributed by atoms with E-state index in [4.69, 9.17) is 19.1 Å². The molecule has 0 fully saturated rings. The second-order valence-electron chi connectivity index (χ2n) is 13.0. The number of carbonyl (C=O) groups excluding carboxylic acids is 2. The lowest BCUT2D eigenvalue weighted by Gasteiger charge is -2.20. The fraction of sp³-hybridized carbons (Fsp3) is 0.892. The first-order chi connectivity index (χ1) is 23.2. The van der Waals surface area contributed by atoms with E-state index in [1.54, 1.807) is 0 Å². The van der Waals surface area contributed by atoms with E-state index in [0.717, 1.165) is 57.8 Å². The number of phosphoric acid groups is 1. The Morgan fingerprint density at radius 2 is 1.02 bits per heavy atom. The Morgan fingerprint density at radius 3 is 1.50 bits per heavy atom. The van der Waals surface area contributed by atoms with Crippen molar-refractivity contribution in [3.05, 3.63) is 12.2 Å². The van der Waals surface area contributed by atoms with E-state index in [1.165, 1.54) is 77.0 Å². The van der Waals surface area contributed by atoms with Crippen LogP contribution in [0.4, 0.5) is 0 Å². The van der Waals surface area contributed by atoms with Crippen LogP contribution in [0.1, 0.15) is 174 Å². The lowest BCUT2D eigenvalue weighted by atomic mass is 10.1. The van der Waals surface area contributed by atoms with Gasteiger partial charge in [-0.05, 0) is 38.5 Å². The summed E-state index contributed by atoms with van der Waals surface area (Å²) in [6.45, 7) is 2.34. The first-order valence-corrected chi connectivity index (χ1v) is 20.6. The zero-order valence-electron chi connectivity index (χ0n) is 30.5. The van der Waals surface area contributed by atoms with Crippen molar-refractivity contribution >= 4 is 19.8 Å². The highest BCUT2D eigenvalue weighted by Gasteiger charge is 2.27. The van der Waals surface area contributed by atoms with Gasteiger partial charge in [0.15, 0.2) is 6.10 Å². The first-order valence-electron chi connectivity index (χ1n) is 19.1. The molecule has 0 aliphatic heterocycles. The van der Waals surface area contributed by atoms with Gasteiger partial charge in [0, 0.05) is 12.8 Å². The molecule has 0 aliphatic carbocycles. The second kappa shape index (κ2) is 34.2. The number of phosphoric ester groups is 1. The summed E-state index contributed by atoms with van der Waals surface area (Å²) >= 11 is 0. The van der Waals surface area contributed by atoms with Crippen LogP contribution >= 0.6 is 7.82 Å². The number of carbonyl (C=O) groups is 2. The van der Waals surface area contributed by atoms with Crippen LogP contribution in [0.3, 0.4) is 0 Å². The van der Waals surface area contributed by atoms with Crippen LogP contribution in [0.15, 0.2) is 12.2 Å². The number of rotatable bonds is 36. The fourth-order valence-corrected chi connectivity index (χ4v) is 5.95. The average molecular weight is 707 g/mol. The number of aliphatic hydroxyl groups excluding tert-OH is 2. The number of hydrogen-bond donors (Lipinski definition) is 3. The molecule has 0 heterocycles. The number of ether oxygens (including phenoxy) is 2. The largest absolute Gasteiger partial charge is 0.472 e. The molecule has 0 bridgehead atoms. The number of esters is 2. The summed E-state index contributed by atoms with van der Waals surface area (Å²) in [5, 5.41) is 18.2. The molecule has 0 amide bonds. The Labute approximate surface area is 292 Å². The van der Waals surface area contributed by atoms with E-state index in [9.17, 15) is 24.2 Å². The maximum Gasteiger partial charge on any atom is 0.472 e. The van der Waals surface area contributed by atoms with Crippen molar-refractivity contribution in [2.75, 3.05) is 26.4 Å². The van der Waals surface area contributed by atoms with Crippen LogP contribution in [-0.2, 0) is 32.7 Å². The highest BCUT2D eigenvalue weighted by Crippen LogP contribution is 2.43. The van der Waals surface area contributed by atoms with Crippen molar-refractivity contribution in [3.8, 4) is 0 Å². The Balaban J connectivity index is 4.34. The topological polar surface area (TPSA) is 149 Å². The van der Waals surface area contributed by atoms with Crippen LogP contribution in [-0.4, -0.2) is 65.7 Å². The van der Waals surface area contributed by atoms with Crippen molar-refractivity contribution in [1.29, 1.82) is 0 Å². The maximum atomic E-state index is 12.5. The summed E-state index contributed by atoms with van der Waals surface area (Å²) in [6, 6.07) is 0. The van der Waals surface area contributed by atoms with E-state index in [1.807, 2.05) is 0 Å². The van der Waals surface area contributed by atoms with Crippen molar-refractivity contribution < 1.29 is 47.8 Å². The Morgan fingerprint density at radius 1 is 0.604 bits per heavy atom. The first kappa shape index (κ1) is 46.7. The van der Waals surface area contributed by atoms with Gasteiger partial charge in [-0.1, -0.05) is 135 Å². The lowest BCUT2D eigenvalue weighted by Crippen LogP contribution is -2.29. The third-order valence-corrected chi connectivity index (χ3v) is 9.12. The van der Waals surface area contributed by atoms with Crippen molar-refractivity contribution in [2.24, 2.45) is 0 Å². The molecule has 3 N–H and O–H groups in total. The molecule has 48 heavy (non-hydrogen) atoms. The third kappa shape index (κ3) is 33.2. The molecule has 0 aromatic rings. The molecule has 11 heteroatoms. The Hall–Kier alpha value is -1.29. The molecular formula is C37H71O10P. The van der Waals surface area contributed by atoms with Gasteiger partial charge in [0.2, 0.25) is 0 Å². The van der Waals surface area contributed by atoms with Crippen LogP contribution in [0.2, 0.25) is 0 Å². The van der Waals surface area contributed by atoms with E-state index < -0.39 is 51.8 Å². The minimum Gasteiger partial charge on any atom is -0.462 e. The van der Waals surface area contributed by atoms with Gasteiger partial charge < -0.3 is 24.6 Å². The monoisotopic (exact) mass is 706 g/mol. The Kier molecular flexibility index (Phi) is 33.3. The molecule has 3 unspecified atom stereocenters. The van der Waals surface area contributed by atoms with Crippen molar-refractivity contribution in [2.45, 2.75) is 187 Å². The summed E-state index contributed by atoms with van der Waals surface area (Å²) < 4.78 is 32.5. The fourth-order valence-electron chi connectivity index (χ4n) is 5.16. The van der Waals surface area contributed by atoms with Crippen LogP contribution in [0, 0.1) is 0 Å². The molecule has 0 spiro atoms. The van der Waals surface area contributed by atoms with E-state index in [-0.39, 0.29) is 19.4 Å². The zero-order chi connectivity index (χ0) is 35.6.